The smallest absolute Gasteiger partial charge is 0.129 e. The summed E-state index contributed by atoms with van der Waals surface area (Å²) in [6, 6.07) is 7.75. The van der Waals surface area contributed by atoms with Crippen LogP contribution in [0.15, 0.2) is 30.5 Å². The summed E-state index contributed by atoms with van der Waals surface area (Å²) in [6.07, 6.45) is 1.76. The molecular weight excluding hydrogens is 349 g/mol. The Labute approximate surface area is 119 Å². The van der Waals surface area contributed by atoms with Crippen molar-refractivity contribution in [3.8, 4) is 0 Å². The van der Waals surface area contributed by atoms with Gasteiger partial charge in [-0.3, -0.25) is 0 Å². The first-order chi connectivity index (χ1) is 8.15. The molecule has 0 radical (unpaired) electrons. The van der Waals surface area contributed by atoms with Crippen LogP contribution in [-0.2, 0) is 6.54 Å². The summed E-state index contributed by atoms with van der Waals surface area (Å²) < 4.78 is 1.17. The number of rotatable bonds is 3. The SMILES string of the molecule is Cc1nc(NCc2ccc(Cl)nc2)ccc1I. The van der Waals surface area contributed by atoms with Crippen LogP contribution in [0.5, 0.6) is 0 Å². The molecule has 0 unspecified atom stereocenters. The molecule has 2 rings (SSSR count). The minimum Gasteiger partial charge on any atom is -0.366 e. The van der Waals surface area contributed by atoms with Crippen LogP contribution in [0.4, 0.5) is 5.82 Å². The Morgan fingerprint density at radius 1 is 1.29 bits per heavy atom. The predicted molar refractivity (Wildman–Crippen MR) is 78.3 cm³/mol. The number of halogens is 2. The zero-order valence-electron chi connectivity index (χ0n) is 9.24. The molecule has 17 heavy (non-hydrogen) atoms. The van der Waals surface area contributed by atoms with Crippen LogP contribution >= 0.6 is 34.2 Å². The lowest BCUT2D eigenvalue weighted by atomic mass is 10.3. The van der Waals surface area contributed by atoms with Gasteiger partial charge in [0.05, 0.1) is 5.69 Å². The molecule has 2 heterocycles. The van der Waals surface area contributed by atoms with Crippen molar-refractivity contribution in [3.63, 3.8) is 0 Å². The average Bonchev–Trinajstić information content (AvgIpc) is 2.33. The highest BCUT2D eigenvalue weighted by Gasteiger charge is 1.99. The van der Waals surface area contributed by atoms with Crippen LogP contribution in [0, 0.1) is 10.5 Å². The number of hydrogen-bond donors (Lipinski definition) is 1. The molecule has 2 aromatic rings. The minimum atomic E-state index is 0.511. The van der Waals surface area contributed by atoms with Crippen LogP contribution in [0.2, 0.25) is 5.15 Å². The quantitative estimate of drug-likeness (QED) is 0.671. The van der Waals surface area contributed by atoms with Crippen molar-refractivity contribution in [2.24, 2.45) is 0 Å². The normalized spacial score (nSPS) is 10.3. The Morgan fingerprint density at radius 2 is 2.12 bits per heavy atom. The van der Waals surface area contributed by atoms with Gasteiger partial charge in [0.1, 0.15) is 11.0 Å². The van der Waals surface area contributed by atoms with Crippen LogP contribution in [0.1, 0.15) is 11.3 Å². The number of pyridine rings is 2. The summed E-state index contributed by atoms with van der Waals surface area (Å²) in [4.78, 5) is 8.47. The van der Waals surface area contributed by atoms with Crippen LogP contribution in [0.3, 0.4) is 0 Å². The lowest BCUT2D eigenvalue weighted by Crippen LogP contribution is -2.02. The summed E-state index contributed by atoms with van der Waals surface area (Å²) in [6.45, 7) is 2.69. The molecule has 5 heteroatoms. The van der Waals surface area contributed by atoms with Gasteiger partial charge in [-0.2, -0.15) is 0 Å². The zero-order valence-corrected chi connectivity index (χ0v) is 12.2. The first-order valence-electron chi connectivity index (χ1n) is 5.12. The topological polar surface area (TPSA) is 37.8 Å². The molecule has 2 aromatic heterocycles. The van der Waals surface area contributed by atoms with E-state index >= 15 is 0 Å². The van der Waals surface area contributed by atoms with Crippen molar-refractivity contribution < 1.29 is 0 Å². The van der Waals surface area contributed by atoms with Gasteiger partial charge in [0.2, 0.25) is 0 Å². The van der Waals surface area contributed by atoms with E-state index in [-0.39, 0.29) is 0 Å². The highest BCUT2D eigenvalue weighted by molar-refractivity contribution is 14.1. The first-order valence-corrected chi connectivity index (χ1v) is 6.58. The maximum absolute atomic E-state index is 5.72. The van der Waals surface area contributed by atoms with E-state index in [9.17, 15) is 0 Å². The minimum absolute atomic E-state index is 0.511. The number of nitrogens with one attached hydrogen (secondary N) is 1. The van der Waals surface area contributed by atoms with E-state index < -0.39 is 0 Å². The van der Waals surface area contributed by atoms with Crippen molar-refractivity contribution in [3.05, 3.63) is 50.4 Å². The molecule has 0 amide bonds. The summed E-state index contributed by atoms with van der Waals surface area (Å²) in [7, 11) is 0. The van der Waals surface area contributed by atoms with Crippen LogP contribution < -0.4 is 5.32 Å². The second-order valence-corrected chi connectivity index (χ2v) is 5.16. The average molecular weight is 360 g/mol. The van der Waals surface area contributed by atoms with Crippen LogP contribution in [-0.4, -0.2) is 9.97 Å². The van der Waals surface area contributed by atoms with Gasteiger partial charge in [-0.15, -0.1) is 0 Å². The molecule has 0 aliphatic rings. The predicted octanol–water partition coefficient (Wildman–Crippen LogP) is 3.66. The van der Waals surface area contributed by atoms with E-state index in [1.165, 1.54) is 3.57 Å². The van der Waals surface area contributed by atoms with Crippen molar-refractivity contribution in [2.75, 3.05) is 5.32 Å². The van der Waals surface area contributed by atoms with Gasteiger partial charge in [0, 0.05) is 16.3 Å². The Hall–Kier alpha value is -0.880. The summed E-state index contributed by atoms with van der Waals surface area (Å²) in [5, 5.41) is 3.76. The third kappa shape index (κ3) is 3.54. The van der Waals surface area contributed by atoms with Gasteiger partial charge in [0.25, 0.3) is 0 Å². The largest absolute Gasteiger partial charge is 0.366 e. The fraction of sp³-hybridized carbons (Fsp3) is 0.167. The van der Waals surface area contributed by atoms with Crippen molar-refractivity contribution in [1.29, 1.82) is 0 Å². The second kappa shape index (κ2) is 5.64. The lowest BCUT2D eigenvalue weighted by molar-refractivity contribution is 1.07. The molecule has 0 bridgehead atoms. The van der Waals surface area contributed by atoms with Gasteiger partial charge in [-0.1, -0.05) is 17.7 Å². The fourth-order valence-electron chi connectivity index (χ4n) is 1.35. The van der Waals surface area contributed by atoms with E-state index in [0.717, 1.165) is 17.1 Å². The number of nitrogens with zero attached hydrogens (tertiary/aromatic N) is 2. The Morgan fingerprint density at radius 3 is 2.76 bits per heavy atom. The zero-order chi connectivity index (χ0) is 12.3. The second-order valence-electron chi connectivity index (χ2n) is 3.61. The van der Waals surface area contributed by atoms with Crippen molar-refractivity contribution in [1.82, 2.24) is 9.97 Å². The van der Waals surface area contributed by atoms with E-state index in [4.69, 9.17) is 11.6 Å². The van der Waals surface area contributed by atoms with Gasteiger partial charge in [-0.25, -0.2) is 9.97 Å². The molecule has 0 aliphatic carbocycles. The Balaban J connectivity index is 2.02. The van der Waals surface area contributed by atoms with E-state index in [0.29, 0.717) is 11.7 Å². The molecule has 1 N–H and O–H groups in total. The number of aromatic nitrogens is 2. The van der Waals surface area contributed by atoms with Gasteiger partial charge < -0.3 is 5.32 Å². The molecule has 0 aromatic carbocycles. The third-order valence-corrected chi connectivity index (χ3v) is 3.65. The molecule has 0 saturated heterocycles. The van der Waals surface area contributed by atoms with Gasteiger partial charge >= 0.3 is 0 Å². The van der Waals surface area contributed by atoms with Crippen molar-refractivity contribution in [2.45, 2.75) is 13.5 Å². The molecular formula is C12H11ClIN3. The number of aryl methyl sites for hydroxylation is 1. The lowest BCUT2D eigenvalue weighted by Gasteiger charge is -2.07. The molecule has 88 valence electrons. The third-order valence-electron chi connectivity index (χ3n) is 2.28. The molecule has 0 saturated carbocycles. The highest BCUT2D eigenvalue weighted by atomic mass is 127. The molecule has 0 spiro atoms. The summed E-state index contributed by atoms with van der Waals surface area (Å²) >= 11 is 7.99. The van der Waals surface area contributed by atoms with E-state index in [2.05, 4.69) is 37.9 Å². The summed E-state index contributed by atoms with van der Waals surface area (Å²) in [5.74, 6) is 0.873. The van der Waals surface area contributed by atoms with Crippen molar-refractivity contribution >= 4 is 40.0 Å². The maximum atomic E-state index is 5.72. The number of hydrogen-bond acceptors (Lipinski definition) is 3. The Kier molecular flexibility index (Phi) is 4.17. The van der Waals surface area contributed by atoms with Crippen LogP contribution in [0.25, 0.3) is 0 Å². The highest BCUT2D eigenvalue weighted by Crippen LogP contribution is 2.13. The Bertz CT molecular complexity index is 514. The molecule has 0 fully saturated rings. The van der Waals surface area contributed by atoms with E-state index in [1.54, 1.807) is 12.3 Å². The van der Waals surface area contributed by atoms with Gasteiger partial charge in [0.15, 0.2) is 0 Å². The summed E-state index contributed by atoms with van der Waals surface area (Å²) in [5.41, 5.74) is 2.11. The standard InChI is InChI=1S/C12H11ClIN3/c1-8-10(14)3-5-12(17-8)16-7-9-2-4-11(13)15-6-9/h2-6H,7H2,1H3,(H,16,17). The maximum Gasteiger partial charge on any atom is 0.129 e. The first kappa shape index (κ1) is 12.6. The molecule has 0 aliphatic heterocycles. The van der Waals surface area contributed by atoms with Gasteiger partial charge in [-0.05, 0) is 53.3 Å². The monoisotopic (exact) mass is 359 g/mol. The fourth-order valence-corrected chi connectivity index (χ4v) is 1.76. The molecule has 3 nitrogen and oxygen atoms in total. The molecule has 0 atom stereocenters. The number of anilines is 1. The van der Waals surface area contributed by atoms with E-state index in [1.807, 2.05) is 25.1 Å².